The van der Waals surface area contributed by atoms with Gasteiger partial charge in [0.05, 0.1) is 6.10 Å². The number of aliphatic hydroxyl groups is 1. The molecule has 5 fully saturated rings. The van der Waals surface area contributed by atoms with Gasteiger partial charge in [-0.3, -0.25) is 0 Å². The van der Waals surface area contributed by atoms with Crippen LogP contribution in [0.15, 0.2) is 0 Å². The summed E-state index contributed by atoms with van der Waals surface area (Å²) in [5.74, 6) is 3.85. The van der Waals surface area contributed by atoms with Crippen LogP contribution in [0.25, 0.3) is 0 Å². The summed E-state index contributed by atoms with van der Waals surface area (Å²) in [5.41, 5.74) is 0.386. The monoisotopic (exact) mass is 220 g/mol. The highest BCUT2D eigenvalue weighted by Gasteiger charge is 2.54. The summed E-state index contributed by atoms with van der Waals surface area (Å²) in [7, 11) is 0. The maximum absolute atomic E-state index is 10.6. The number of hydrogen-bond acceptors (Lipinski definition) is 1. The molecule has 0 aromatic carbocycles. The van der Waals surface area contributed by atoms with Crippen molar-refractivity contribution in [3.8, 4) is 0 Å². The third-order valence-electron chi connectivity index (χ3n) is 6.05. The Bertz CT molecular complexity index is 257. The fraction of sp³-hybridized carbons (Fsp3) is 1.00. The van der Waals surface area contributed by atoms with Crippen molar-refractivity contribution in [3.05, 3.63) is 0 Å². The van der Waals surface area contributed by atoms with Crippen LogP contribution in [-0.2, 0) is 0 Å². The number of hydrogen-bond donors (Lipinski definition) is 1. The second kappa shape index (κ2) is 3.25. The zero-order valence-corrected chi connectivity index (χ0v) is 10.2. The first-order valence-electron chi connectivity index (χ1n) is 7.41. The SMILES string of the molecule is OC(CC1CC1)C12CC3CC(CC(C3)C1)C2. The third-order valence-corrected chi connectivity index (χ3v) is 6.05. The molecule has 0 spiro atoms. The molecule has 4 bridgehead atoms. The predicted molar refractivity (Wildman–Crippen MR) is 64.0 cm³/mol. The van der Waals surface area contributed by atoms with Gasteiger partial charge in [0.1, 0.15) is 0 Å². The first-order valence-corrected chi connectivity index (χ1v) is 7.41. The normalized spacial score (nSPS) is 51.9. The number of aliphatic hydroxyl groups excluding tert-OH is 1. The summed E-state index contributed by atoms with van der Waals surface area (Å²) in [5, 5.41) is 10.6. The Morgan fingerprint density at radius 2 is 1.44 bits per heavy atom. The first kappa shape index (κ1) is 9.94. The van der Waals surface area contributed by atoms with Crippen molar-refractivity contribution in [1.82, 2.24) is 0 Å². The lowest BCUT2D eigenvalue weighted by molar-refractivity contribution is -0.123. The van der Waals surface area contributed by atoms with Crippen molar-refractivity contribution in [2.45, 2.75) is 63.9 Å². The van der Waals surface area contributed by atoms with Crippen LogP contribution in [0.1, 0.15) is 57.8 Å². The minimum absolute atomic E-state index is 0.0494. The molecular formula is C15H24O. The van der Waals surface area contributed by atoms with Crippen molar-refractivity contribution in [2.75, 3.05) is 0 Å². The molecule has 1 nitrogen and oxygen atoms in total. The lowest BCUT2D eigenvalue weighted by atomic mass is 9.48. The second-order valence-electron chi connectivity index (χ2n) is 7.47. The molecule has 5 saturated carbocycles. The summed E-state index contributed by atoms with van der Waals surface area (Å²) in [6.45, 7) is 0. The van der Waals surface area contributed by atoms with Gasteiger partial charge in [0, 0.05) is 0 Å². The lowest BCUT2D eigenvalue weighted by Gasteiger charge is -2.58. The molecule has 0 saturated heterocycles. The van der Waals surface area contributed by atoms with Crippen molar-refractivity contribution in [3.63, 3.8) is 0 Å². The maximum atomic E-state index is 10.6. The molecule has 5 aliphatic carbocycles. The standard InChI is InChI=1S/C15H24O/c16-14(6-10-1-2-10)15-7-11-3-12(8-15)5-13(4-11)9-15/h10-14,16H,1-9H2. The Labute approximate surface area is 98.6 Å². The molecule has 1 N–H and O–H groups in total. The van der Waals surface area contributed by atoms with Crippen molar-refractivity contribution in [1.29, 1.82) is 0 Å². The van der Waals surface area contributed by atoms with Gasteiger partial charge in [-0.1, -0.05) is 12.8 Å². The van der Waals surface area contributed by atoms with E-state index in [9.17, 15) is 5.11 Å². The van der Waals surface area contributed by atoms with Gasteiger partial charge in [-0.2, -0.15) is 0 Å². The fourth-order valence-electron chi connectivity index (χ4n) is 5.51. The average molecular weight is 220 g/mol. The highest BCUT2D eigenvalue weighted by atomic mass is 16.3. The minimum atomic E-state index is 0.0494. The molecule has 90 valence electrons. The summed E-state index contributed by atoms with van der Waals surface area (Å²) in [6, 6.07) is 0. The minimum Gasteiger partial charge on any atom is -0.393 e. The van der Waals surface area contributed by atoms with Crippen molar-refractivity contribution < 1.29 is 5.11 Å². The van der Waals surface area contributed by atoms with E-state index >= 15 is 0 Å². The van der Waals surface area contributed by atoms with Crippen LogP contribution in [0, 0.1) is 29.1 Å². The summed E-state index contributed by atoms with van der Waals surface area (Å²) >= 11 is 0. The van der Waals surface area contributed by atoms with Gasteiger partial charge in [-0.15, -0.1) is 0 Å². The summed E-state index contributed by atoms with van der Waals surface area (Å²) in [6.07, 6.45) is 12.6. The Morgan fingerprint density at radius 1 is 0.938 bits per heavy atom. The largest absolute Gasteiger partial charge is 0.393 e. The Hall–Kier alpha value is -0.0400. The fourth-order valence-corrected chi connectivity index (χ4v) is 5.51. The van der Waals surface area contributed by atoms with E-state index in [0.717, 1.165) is 30.1 Å². The lowest BCUT2D eigenvalue weighted by Crippen LogP contribution is -2.51. The van der Waals surface area contributed by atoms with E-state index in [4.69, 9.17) is 0 Å². The van der Waals surface area contributed by atoms with Crippen LogP contribution < -0.4 is 0 Å². The molecule has 16 heavy (non-hydrogen) atoms. The molecule has 0 aliphatic heterocycles. The van der Waals surface area contributed by atoms with Gasteiger partial charge in [0.15, 0.2) is 0 Å². The third kappa shape index (κ3) is 1.47. The van der Waals surface area contributed by atoms with E-state index in [1.807, 2.05) is 0 Å². The molecule has 0 heterocycles. The highest BCUT2D eigenvalue weighted by Crippen LogP contribution is 2.62. The molecule has 1 unspecified atom stereocenters. The van der Waals surface area contributed by atoms with Gasteiger partial charge in [0.2, 0.25) is 0 Å². The Morgan fingerprint density at radius 3 is 1.88 bits per heavy atom. The van der Waals surface area contributed by atoms with Crippen LogP contribution in [0.2, 0.25) is 0 Å². The quantitative estimate of drug-likeness (QED) is 0.773. The maximum Gasteiger partial charge on any atom is 0.0599 e. The summed E-state index contributed by atoms with van der Waals surface area (Å²) in [4.78, 5) is 0. The smallest absolute Gasteiger partial charge is 0.0599 e. The second-order valence-corrected chi connectivity index (χ2v) is 7.47. The zero-order chi connectivity index (χ0) is 10.8. The van der Waals surface area contributed by atoms with Crippen LogP contribution in [0.3, 0.4) is 0 Å². The van der Waals surface area contributed by atoms with Gasteiger partial charge < -0.3 is 5.11 Å². The van der Waals surface area contributed by atoms with Gasteiger partial charge in [0.25, 0.3) is 0 Å². The molecule has 0 amide bonds. The van der Waals surface area contributed by atoms with Crippen LogP contribution in [0.5, 0.6) is 0 Å². The van der Waals surface area contributed by atoms with E-state index in [2.05, 4.69) is 0 Å². The van der Waals surface area contributed by atoms with Crippen LogP contribution >= 0.6 is 0 Å². The molecule has 0 aromatic rings. The first-order chi connectivity index (χ1) is 7.73. The van der Waals surface area contributed by atoms with Gasteiger partial charge in [-0.05, 0) is 74.0 Å². The van der Waals surface area contributed by atoms with Crippen molar-refractivity contribution >= 4 is 0 Å². The van der Waals surface area contributed by atoms with Gasteiger partial charge in [-0.25, -0.2) is 0 Å². The predicted octanol–water partition coefficient (Wildman–Crippen LogP) is 3.36. The molecule has 0 radical (unpaired) electrons. The van der Waals surface area contributed by atoms with Gasteiger partial charge >= 0.3 is 0 Å². The molecule has 1 heteroatoms. The van der Waals surface area contributed by atoms with E-state index < -0.39 is 0 Å². The topological polar surface area (TPSA) is 20.2 Å². The Kier molecular flexibility index (Phi) is 2.02. The summed E-state index contributed by atoms with van der Waals surface area (Å²) < 4.78 is 0. The zero-order valence-electron chi connectivity index (χ0n) is 10.2. The van der Waals surface area contributed by atoms with Crippen LogP contribution in [-0.4, -0.2) is 11.2 Å². The van der Waals surface area contributed by atoms with E-state index in [-0.39, 0.29) is 6.10 Å². The number of rotatable bonds is 3. The molecule has 1 atom stereocenters. The highest BCUT2D eigenvalue weighted by molar-refractivity contribution is 5.04. The van der Waals surface area contributed by atoms with E-state index in [1.54, 1.807) is 0 Å². The molecular weight excluding hydrogens is 196 g/mol. The molecule has 5 aliphatic rings. The van der Waals surface area contributed by atoms with E-state index in [0.29, 0.717) is 5.41 Å². The molecule has 5 rings (SSSR count). The van der Waals surface area contributed by atoms with Crippen LogP contribution in [0.4, 0.5) is 0 Å². The Balaban J connectivity index is 1.55. The average Bonchev–Trinajstić information content (AvgIpc) is 2.99. The van der Waals surface area contributed by atoms with Crippen molar-refractivity contribution in [2.24, 2.45) is 29.1 Å². The molecule has 0 aromatic heterocycles. The van der Waals surface area contributed by atoms with E-state index in [1.165, 1.54) is 51.4 Å².